The lowest BCUT2D eigenvalue weighted by molar-refractivity contribution is -0.111. The Morgan fingerprint density at radius 2 is 1.97 bits per heavy atom. The highest BCUT2D eigenvalue weighted by Crippen LogP contribution is 2.23. The van der Waals surface area contributed by atoms with Crippen molar-refractivity contribution in [1.29, 1.82) is 5.26 Å². The van der Waals surface area contributed by atoms with E-state index in [1.54, 1.807) is 17.0 Å². The second-order valence-electron chi connectivity index (χ2n) is 6.49. The van der Waals surface area contributed by atoms with Crippen LogP contribution in [0.1, 0.15) is 12.0 Å². The van der Waals surface area contributed by atoms with E-state index < -0.39 is 0 Å². The van der Waals surface area contributed by atoms with Crippen molar-refractivity contribution in [3.05, 3.63) is 84.8 Å². The third kappa shape index (κ3) is 3.94. The molecule has 0 unspecified atom stereocenters. The number of hydrogen-bond donors (Lipinski definition) is 1. The Morgan fingerprint density at radius 3 is 2.79 bits per heavy atom. The van der Waals surface area contributed by atoms with Crippen LogP contribution in [-0.2, 0) is 11.3 Å². The molecule has 2 heterocycles. The van der Waals surface area contributed by atoms with E-state index in [-0.39, 0.29) is 5.91 Å². The molecular formula is C23H19N5O. The number of aryl methyl sites for hydroxylation is 1. The summed E-state index contributed by atoms with van der Waals surface area (Å²) in [4.78, 5) is 12.5. The molecule has 4 rings (SSSR count). The summed E-state index contributed by atoms with van der Waals surface area (Å²) in [7, 11) is 0. The van der Waals surface area contributed by atoms with Gasteiger partial charge in [0.1, 0.15) is 0 Å². The predicted molar refractivity (Wildman–Crippen MR) is 113 cm³/mol. The molecule has 142 valence electrons. The summed E-state index contributed by atoms with van der Waals surface area (Å²) < 4.78 is 3.76. The number of amides is 1. The van der Waals surface area contributed by atoms with Crippen LogP contribution in [0.25, 0.3) is 22.7 Å². The summed E-state index contributed by atoms with van der Waals surface area (Å²) in [6, 6.07) is 19.5. The van der Waals surface area contributed by atoms with Gasteiger partial charge in [-0.2, -0.15) is 10.4 Å². The Balaban J connectivity index is 1.57. The molecule has 1 N–H and O–H groups in total. The fourth-order valence-corrected chi connectivity index (χ4v) is 3.29. The SMILES string of the molecule is N#CCCn1cc(C=CC(=O)Nc2ccccc2-n2cccn2)c2ccccc21. The minimum absolute atomic E-state index is 0.224. The van der Waals surface area contributed by atoms with Crippen LogP contribution in [0.15, 0.2) is 79.3 Å². The lowest BCUT2D eigenvalue weighted by Gasteiger charge is -2.09. The Morgan fingerprint density at radius 1 is 1.14 bits per heavy atom. The Bertz CT molecular complexity index is 1210. The zero-order valence-electron chi connectivity index (χ0n) is 15.7. The molecule has 0 radical (unpaired) electrons. The summed E-state index contributed by atoms with van der Waals surface area (Å²) >= 11 is 0. The van der Waals surface area contributed by atoms with Gasteiger partial charge >= 0.3 is 0 Å². The Hall–Kier alpha value is -4.11. The fraction of sp³-hybridized carbons (Fsp3) is 0.0870. The van der Waals surface area contributed by atoms with Gasteiger partial charge in [-0.05, 0) is 30.3 Å². The minimum atomic E-state index is -0.224. The van der Waals surface area contributed by atoms with E-state index in [9.17, 15) is 4.79 Å². The molecule has 0 saturated carbocycles. The van der Waals surface area contributed by atoms with Crippen molar-refractivity contribution < 1.29 is 4.79 Å². The molecule has 0 aliphatic heterocycles. The number of nitrogens with zero attached hydrogens (tertiary/aromatic N) is 4. The maximum atomic E-state index is 12.5. The van der Waals surface area contributed by atoms with E-state index >= 15 is 0 Å². The highest BCUT2D eigenvalue weighted by molar-refractivity contribution is 6.04. The zero-order valence-corrected chi connectivity index (χ0v) is 15.7. The van der Waals surface area contributed by atoms with E-state index in [1.807, 2.05) is 71.6 Å². The van der Waals surface area contributed by atoms with Crippen LogP contribution in [0.2, 0.25) is 0 Å². The standard InChI is InChI=1S/C23H19N5O/c24-13-5-15-27-17-18(19-7-1-3-9-21(19)27)11-12-23(29)26-20-8-2-4-10-22(20)28-16-6-14-25-28/h1-4,6-12,14,16-17H,5,15H2,(H,26,29). The molecule has 0 aliphatic carbocycles. The van der Waals surface area contributed by atoms with Crippen molar-refractivity contribution in [2.75, 3.05) is 5.32 Å². The van der Waals surface area contributed by atoms with Gasteiger partial charge in [-0.15, -0.1) is 0 Å². The molecular weight excluding hydrogens is 362 g/mol. The van der Waals surface area contributed by atoms with Gasteiger partial charge in [-0.1, -0.05) is 30.3 Å². The summed E-state index contributed by atoms with van der Waals surface area (Å²) in [5, 5.41) is 17.1. The highest BCUT2D eigenvalue weighted by atomic mass is 16.1. The lowest BCUT2D eigenvalue weighted by atomic mass is 10.1. The van der Waals surface area contributed by atoms with Crippen molar-refractivity contribution in [3.63, 3.8) is 0 Å². The molecule has 2 aromatic carbocycles. The van der Waals surface area contributed by atoms with E-state index in [4.69, 9.17) is 5.26 Å². The maximum Gasteiger partial charge on any atom is 0.248 e. The minimum Gasteiger partial charge on any atom is -0.346 e. The highest BCUT2D eigenvalue weighted by Gasteiger charge is 2.08. The van der Waals surface area contributed by atoms with Crippen molar-refractivity contribution in [3.8, 4) is 11.8 Å². The van der Waals surface area contributed by atoms with Gasteiger partial charge in [0.05, 0.1) is 23.9 Å². The van der Waals surface area contributed by atoms with Gasteiger partial charge in [-0.3, -0.25) is 4.79 Å². The lowest BCUT2D eigenvalue weighted by Crippen LogP contribution is -2.10. The Labute approximate surface area is 168 Å². The number of rotatable bonds is 6. The molecule has 4 aromatic rings. The third-order valence-electron chi connectivity index (χ3n) is 4.61. The second kappa shape index (κ2) is 8.28. The summed E-state index contributed by atoms with van der Waals surface area (Å²) in [6.07, 6.45) is 9.26. The van der Waals surface area contributed by atoms with E-state index in [0.29, 0.717) is 18.7 Å². The monoisotopic (exact) mass is 381 g/mol. The predicted octanol–water partition coefficient (Wildman–Crippen LogP) is 4.39. The van der Waals surface area contributed by atoms with Crippen molar-refractivity contribution in [2.24, 2.45) is 0 Å². The third-order valence-corrected chi connectivity index (χ3v) is 4.61. The number of nitriles is 1. The van der Waals surface area contributed by atoms with Gasteiger partial charge in [0.25, 0.3) is 0 Å². The fourth-order valence-electron chi connectivity index (χ4n) is 3.29. The van der Waals surface area contributed by atoms with Crippen LogP contribution in [0.5, 0.6) is 0 Å². The smallest absolute Gasteiger partial charge is 0.248 e. The molecule has 0 atom stereocenters. The van der Waals surface area contributed by atoms with Crippen molar-refractivity contribution >= 4 is 28.6 Å². The van der Waals surface area contributed by atoms with Crippen LogP contribution in [0.3, 0.4) is 0 Å². The first-order valence-corrected chi connectivity index (χ1v) is 9.29. The van der Waals surface area contributed by atoms with Crippen LogP contribution >= 0.6 is 0 Å². The van der Waals surface area contributed by atoms with Crippen molar-refractivity contribution in [1.82, 2.24) is 14.3 Å². The van der Waals surface area contributed by atoms with Gasteiger partial charge in [0.2, 0.25) is 5.91 Å². The number of nitrogens with one attached hydrogen (secondary N) is 1. The second-order valence-corrected chi connectivity index (χ2v) is 6.49. The van der Waals surface area contributed by atoms with Gasteiger partial charge in [0, 0.05) is 47.7 Å². The Kier molecular flexibility index (Phi) is 5.21. The summed E-state index contributed by atoms with van der Waals surface area (Å²) in [6.45, 7) is 0.619. The summed E-state index contributed by atoms with van der Waals surface area (Å²) in [5.41, 5.74) is 3.47. The van der Waals surface area contributed by atoms with Crippen LogP contribution in [-0.4, -0.2) is 20.3 Å². The van der Waals surface area contributed by atoms with Crippen LogP contribution < -0.4 is 5.32 Å². The van der Waals surface area contributed by atoms with E-state index in [2.05, 4.69) is 16.5 Å². The largest absolute Gasteiger partial charge is 0.346 e. The number of anilines is 1. The molecule has 0 fully saturated rings. The quantitative estimate of drug-likeness (QED) is 0.503. The van der Waals surface area contributed by atoms with Crippen molar-refractivity contribution in [2.45, 2.75) is 13.0 Å². The average molecular weight is 381 g/mol. The first-order valence-electron chi connectivity index (χ1n) is 9.29. The number of para-hydroxylation sites is 3. The molecule has 29 heavy (non-hydrogen) atoms. The van der Waals surface area contributed by atoms with Crippen LogP contribution in [0, 0.1) is 11.3 Å². The average Bonchev–Trinajstić information content (AvgIpc) is 3.40. The number of aromatic nitrogens is 3. The number of carbonyl (C=O) groups is 1. The van der Waals surface area contributed by atoms with Gasteiger partial charge in [0.15, 0.2) is 0 Å². The number of hydrogen-bond acceptors (Lipinski definition) is 3. The number of fused-ring (bicyclic) bond motifs is 1. The van der Waals surface area contributed by atoms with Crippen LogP contribution in [0.4, 0.5) is 5.69 Å². The van der Waals surface area contributed by atoms with E-state index in [1.165, 1.54) is 6.08 Å². The molecule has 0 aliphatic rings. The van der Waals surface area contributed by atoms with Gasteiger partial charge < -0.3 is 9.88 Å². The molecule has 1 amide bonds. The molecule has 6 heteroatoms. The first-order chi connectivity index (χ1) is 14.3. The number of benzene rings is 2. The normalized spacial score (nSPS) is 11.0. The summed E-state index contributed by atoms with van der Waals surface area (Å²) in [5.74, 6) is -0.224. The number of carbonyl (C=O) groups excluding carboxylic acids is 1. The zero-order chi connectivity index (χ0) is 20.1. The first kappa shape index (κ1) is 18.3. The maximum absolute atomic E-state index is 12.5. The van der Waals surface area contributed by atoms with E-state index in [0.717, 1.165) is 22.2 Å². The topological polar surface area (TPSA) is 75.6 Å². The molecule has 0 bridgehead atoms. The molecule has 0 spiro atoms. The molecule has 6 nitrogen and oxygen atoms in total. The molecule has 2 aromatic heterocycles. The van der Waals surface area contributed by atoms with Gasteiger partial charge in [-0.25, -0.2) is 4.68 Å². The molecule has 0 saturated heterocycles.